The van der Waals surface area contributed by atoms with E-state index >= 15 is 0 Å². The van der Waals surface area contributed by atoms with Crippen LogP contribution >= 0.6 is 11.8 Å². The summed E-state index contributed by atoms with van der Waals surface area (Å²) < 4.78 is 0. The number of aromatic nitrogens is 3. The zero-order valence-corrected chi connectivity index (χ0v) is 15.5. The van der Waals surface area contributed by atoms with Crippen molar-refractivity contribution in [1.82, 2.24) is 20.3 Å². The summed E-state index contributed by atoms with van der Waals surface area (Å²) in [5, 5.41) is 3.79. The number of aromatic amines is 1. The van der Waals surface area contributed by atoms with Crippen molar-refractivity contribution in [3.05, 3.63) is 53.3 Å². The van der Waals surface area contributed by atoms with Crippen molar-refractivity contribution in [3.8, 4) is 0 Å². The maximum absolute atomic E-state index is 12.2. The van der Waals surface area contributed by atoms with Crippen molar-refractivity contribution in [2.24, 2.45) is 0 Å². The number of thioether (sulfide) groups is 1. The van der Waals surface area contributed by atoms with Gasteiger partial charge in [-0.05, 0) is 50.6 Å². The van der Waals surface area contributed by atoms with Gasteiger partial charge in [-0.2, -0.15) is 0 Å². The highest BCUT2D eigenvalue weighted by molar-refractivity contribution is 7.99. The molecule has 0 aliphatic carbocycles. The summed E-state index contributed by atoms with van der Waals surface area (Å²) in [4.78, 5) is 24.4. The molecule has 1 aromatic carbocycles. The molecule has 0 saturated carbocycles. The summed E-state index contributed by atoms with van der Waals surface area (Å²) >= 11 is 1.42. The summed E-state index contributed by atoms with van der Waals surface area (Å²) in [6.45, 7) is 6.01. The van der Waals surface area contributed by atoms with E-state index in [1.807, 2.05) is 51.1 Å². The van der Waals surface area contributed by atoms with E-state index in [0.717, 1.165) is 34.0 Å². The first-order valence-corrected chi connectivity index (χ1v) is 9.29. The standard InChI is InChI=1S/C19H22N4OS/c1-12-7-8-16-17(9-12)23-19(22-16)25-11-18(24)21-14(3)10-15-6-4-5-13(2)20-15/h4-9,14H,10-11H2,1-3H3,(H,21,24)(H,22,23). The lowest BCUT2D eigenvalue weighted by atomic mass is 10.1. The van der Waals surface area contributed by atoms with Crippen LogP contribution in [0.15, 0.2) is 41.6 Å². The Hall–Kier alpha value is -2.34. The number of pyridine rings is 1. The molecule has 0 spiro atoms. The molecule has 3 rings (SSSR count). The second-order valence-electron chi connectivity index (χ2n) is 6.29. The largest absolute Gasteiger partial charge is 0.353 e. The minimum Gasteiger partial charge on any atom is -0.353 e. The van der Waals surface area contributed by atoms with E-state index in [9.17, 15) is 4.79 Å². The number of nitrogens with one attached hydrogen (secondary N) is 2. The average molecular weight is 354 g/mol. The molecule has 1 unspecified atom stereocenters. The third kappa shape index (κ3) is 4.82. The van der Waals surface area contributed by atoms with Crippen LogP contribution < -0.4 is 5.32 Å². The normalized spacial score (nSPS) is 12.3. The number of carbonyl (C=O) groups excluding carboxylic acids is 1. The molecule has 0 aliphatic rings. The van der Waals surface area contributed by atoms with Crippen LogP contribution in [-0.4, -0.2) is 32.7 Å². The van der Waals surface area contributed by atoms with Gasteiger partial charge in [0.15, 0.2) is 5.16 Å². The molecular formula is C19H22N4OS. The minimum absolute atomic E-state index is 0.00166. The van der Waals surface area contributed by atoms with Gasteiger partial charge in [-0.25, -0.2) is 4.98 Å². The van der Waals surface area contributed by atoms with Gasteiger partial charge >= 0.3 is 0 Å². The van der Waals surface area contributed by atoms with E-state index in [1.54, 1.807) is 0 Å². The SMILES string of the molecule is Cc1ccc2nc(SCC(=O)NC(C)Cc3cccc(C)n3)[nH]c2c1. The number of amides is 1. The number of carbonyl (C=O) groups is 1. The van der Waals surface area contributed by atoms with Crippen LogP contribution in [0.4, 0.5) is 0 Å². The third-order valence-corrected chi connectivity index (χ3v) is 4.70. The van der Waals surface area contributed by atoms with E-state index in [-0.39, 0.29) is 11.9 Å². The van der Waals surface area contributed by atoms with Crippen LogP contribution in [0.5, 0.6) is 0 Å². The molecule has 2 N–H and O–H groups in total. The molecule has 130 valence electrons. The fourth-order valence-corrected chi connectivity index (χ4v) is 3.39. The minimum atomic E-state index is 0.00166. The van der Waals surface area contributed by atoms with Gasteiger partial charge in [0.25, 0.3) is 0 Å². The number of aryl methyl sites for hydroxylation is 2. The number of H-pyrrole nitrogens is 1. The molecule has 6 heteroatoms. The fraction of sp³-hybridized carbons (Fsp3) is 0.316. The smallest absolute Gasteiger partial charge is 0.230 e. The highest BCUT2D eigenvalue weighted by atomic mass is 32.2. The summed E-state index contributed by atoms with van der Waals surface area (Å²) in [6, 6.07) is 12.1. The van der Waals surface area contributed by atoms with Crippen molar-refractivity contribution < 1.29 is 4.79 Å². The second kappa shape index (κ2) is 7.70. The third-order valence-electron chi connectivity index (χ3n) is 3.82. The van der Waals surface area contributed by atoms with Crippen molar-refractivity contribution in [2.75, 3.05) is 5.75 Å². The van der Waals surface area contributed by atoms with Crippen LogP contribution in [0.3, 0.4) is 0 Å². The van der Waals surface area contributed by atoms with Crippen molar-refractivity contribution in [2.45, 2.75) is 38.4 Å². The zero-order chi connectivity index (χ0) is 17.8. The summed E-state index contributed by atoms with van der Waals surface area (Å²) in [7, 11) is 0. The Kier molecular flexibility index (Phi) is 5.38. The van der Waals surface area contributed by atoms with E-state index in [2.05, 4.69) is 26.3 Å². The number of hydrogen-bond donors (Lipinski definition) is 2. The van der Waals surface area contributed by atoms with Gasteiger partial charge in [0.1, 0.15) is 0 Å². The second-order valence-corrected chi connectivity index (χ2v) is 7.26. The molecular weight excluding hydrogens is 332 g/mol. The van der Waals surface area contributed by atoms with Crippen LogP contribution in [0.25, 0.3) is 11.0 Å². The van der Waals surface area contributed by atoms with E-state index in [4.69, 9.17) is 0 Å². The zero-order valence-electron chi connectivity index (χ0n) is 14.7. The molecule has 0 saturated heterocycles. The Bertz CT molecular complexity index is 890. The average Bonchev–Trinajstić information content (AvgIpc) is 2.94. The van der Waals surface area contributed by atoms with Gasteiger partial charge in [0.05, 0.1) is 16.8 Å². The van der Waals surface area contributed by atoms with Gasteiger partial charge in [0.2, 0.25) is 5.91 Å². The number of benzene rings is 1. The Morgan fingerprint density at radius 2 is 2.08 bits per heavy atom. The Labute approximate surface area is 151 Å². The number of hydrogen-bond acceptors (Lipinski definition) is 4. The quantitative estimate of drug-likeness (QED) is 0.666. The monoisotopic (exact) mass is 354 g/mol. The lowest BCUT2D eigenvalue weighted by molar-refractivity contribution is -0.119. The van der Waals surface area contributed by atoms with Gasteiger partial charge in [-0.1, -0.05) is 23.9 Å². The number of rotatable bonds is 6. The first-order chi connectivity index (χ1) is 12.0. The summed E-state index contributed by atoms with van der Waals surface area (Å²) in [6.07, 6.45) is 0.724. The Morgan fingerprint density at radius 3 is 2.88 bits per heavy atom. The van der Waals surface area contributed by atoms with Crippen molar-refractivity contribution >= 4 is 28.7 Å². The van der Waals surface area contributed by atoms with E-state index in [0.29, 0.717) is 5.75 Å². The van der Waals surface area contributed by atoms with Crippen LogP contribution in [-0.2, 0) is 11.2 Å². The van der Waals surface area contributed by atoms with Gasteiger partial charge < -0.3 is 10.3 Å². The van der Waals surface area contributed by atoms with Crippen molar-refractivity contribution in [3.63, 3.8) is 0 Å². The van der Waals surface area contributed by atoms with E-state index in [1.165, 1.54) is 17.3 Å². The topological polar surface area (TPSA) is 70.7 Å². The van der Waals surface area contributed by atoms with Crippen LogP contribution in [0.2, 0.25) is 0 Å². The number of nitrogens with zero attached hydrogens (tertiary/aromatic N) is 2. The molecule has 5 nitrogen and oxygen atoms in total. The lowest BCUT2D eigenvalue weighted by Gasteiger charge is -2.13. The fourth-order valence-electron chi connectivity index (χ4n) is 2.70. The first-order valence-electron chi connectivity index (χ1n) is 8.30. The molecule has 1 amide bonds. The summed E-state index contributed by atoms with van der Waals surface area (Å²) in [5.74, 6) is 0.339. The Balaban J connectivity index is 1.51. The maximum atomic E-state index is 12.2. The van der Waals surface area contributed by atoms with Gasteiger partial charge in [-0.3, -0.25) is 9.78 Å². The number of fused-ring (bicyclic) bond motifs is 1. The van der Waals surface area contributed by atoms with E-state index < -0.39 is 0 Å². The molecule has 25 heavy (non-hydrogen) atoms. The molecule has 0 fully saturated rings. The highest BCUT2D eigenvalue weighted by Crippen LogP contribution is 2.20. The first kappa shape index (κ1) is 17.5. The number of imidazole rings is 1. The van der Waals surface area contributed by atoms with Crippen LogP contribution in [0, 0.1) is 13.8 Å². The summed E-state index contributed by atoms with van der Waals surface area (Å²) in [5.41, 5.74) is 5.10. The van der Waals surface area contributed by atoms with Crippen molar-refractivity contribution in [1.29, 1.82) is 0 Å². The maximum Gasteiger partial charge on any atom is 0.230 e. The molecule has 0 aliphatic heterocycles. The predicted octanol–water partition coefficient (Wildman–Crippen LogP) is 3.41. The predicted molar refractivity (Wildman–Crippen MR) is 102 cm³/mol. The lowest BCUT2D eigenvalue weighted by Crippen LogP contribution is -2.35. The van der Waals surface area contributed by atoms with Gasteiger partial charge in [0, 0.05) is 23.9 Å². The van der Waals surface area contributed by atoms with Gasteiger partial charge in [-0.15, -0.1) is 0 Å². The molecule has 2 aromatic heterocycles. The molecule has 3 aromatic rings. The highest BCUT2D eigenvalue weighted by Gasteiger charge is 2.11. The molecule has 0 bridgehead atoms. The molecule has 0 radical (unpaired) electrons. The molecule has 1 atom stereocenters. The molecule has 2 heterocycles. The Morgan fingerprint density at radius 1 is 1.24 bits per heavy atom. The van der Waals surface area contributed by atoms with Crippen LogP contribution in [0.1, 0.15) is 23.9 Å².